The first-order valence-electron chi connectivity index (χ1n) is 6.86. The highest BCUT2D eigenvalue weighted by atomic mass is 79.9. The van der Waals surface area contributed by atoms with Gasteiger partial charge in [0, 0.05) is 6.61 Å². The standard InChI is InChI=1S/C15H19BrO5/c1-18-12-7-10(8-13(19-2)14(12)16)15(17)21-9-11-5-3-4-6-20-11/h7-8,11H,3-6,9H2,1-2H3. The van der Waals surface area contributed by atoms with Crippen molar-refractivity contribution in [2.24, 2.45) is 0 Å². The maximum absolute atomic E-state index is 12.1. The largest absolute Gasteiger partial charge is 0.495 e. The molecule has 0 saturated carbocycles. The second-order valence-corrected chi connectivity index (χ2v) is 5.57. The van der Waals surface area contributed by atoms with Crippen LogP contribution in [0.4, 0.5) is 0 Å². The molecule has 0 radical (unpaired) electrons. The van der Waals surface area contributed by atoms with Gasteiger partial charge in [-0.3, -0.25) is 0 Å². The first-order valence-corrected chi connectivity index (χ1v) is 7.65. The predicted molar refractivity (Wildman–Crippen MR) is 81.1 cm³/mol. The summed E-state index contributed by atoms with van der Waals surface area (Å²) in [6.07, 6.45) is 3.12. The van der Waals surface area contributed by atoms with Crippen molar-refractivity contribution in [1.82, 2.24) is 0 Å². The molecule has 0 aromatic heterocycles. The lowest BCUT2D eigenvalue weighted by atomic mass is 10.1. The van der Waals surface area contributed by atoms with Crippen molar-refractivity contribution in [3.8, 4) is 11.5 Å². The highest BCUT2D eigenvalue weighted by Gasteiger charge is 2.19. The molecule has 0 amide bonds. The predicted octanol–water partition coefficient (Wildman–Crippen LogP) is 3.19. The van der Waals surface area contributed by atoms with Crippen molar-refractivity contribution in [1.29, 1.82) is 0 Å². The van der Waals surface area contributed by atoms with E-state index in [1.165, 1.54) is 14.2 Å². The van der Waals surface area contributed by atoms with Crippen molar-refractivity contribution in [3.63, 3.8) is 0 Å². The van der Waals surface area contributed by atoms with Crippen molar-refractivity contribution in [2.45, 2.75) is 25.4 Å². The number of ether oxygens (including phenoxy) is 4. The third kappa shape index (κ3) is 4.11. The van der Waals surface area contributed by atoms with Crippen LogP contribution in [0.5, 0.6) is 11.5 Å². The molecule has 1 atom stereocenters. The van der Waals surface area contributed by atoms with Crippen LogP contribution in [0, 0.1) is 0 Å². The van der Waals surface area contributed by atoms with Crippen LogP contribution in [0.2, 0.25) is 0 Å². The fourth-order valence-corrected chi connectivity index (χ4v) is 2.73. The Bertz CT molecular complexity index is 472. The molecule has 21 heavy (non-hydrogen) atoms. The normalized spacial score (nSPS) is 18.1. The molecule has 1 aromatic carbocycles. The molecule has 0 N–H and O–H groups in total. The summed E-state index contributed by atoms with van der Waals surface area (Å²) in [5, 5.41) is 0. The van der Waals surface area contributed by atoms with E-state index in [-0.39, 0.29) is 12.7 Å². The first kappa shape index (κ1) is 16.1. The molecule has 116 valence electrons. The summed E-state index contributed by atoms with van der Waals surface area (Å²) in [5.74, 6) is 0.638. The number of hydrogen-bond acceptors (Lipinski definition) is 5. The minimum absolute atomic E-state index is 0.00180. The minimum atomic E-state index is -0.409. The second-order valence-electron chi connectivity index (χ2n) is 4.78. The van der Waals surface area contributed by atoms with Gasteiger partial charge in [-0.15, -0.1) is 0 Å². The van der Waals surface area contributed by atoms with Crippen LogP contribution in [0.15, 0.2) is 16.6 Å². The summed E-state index contributed by atoms with van der Waals surface area (Å²) in [7, 11) is 3.06. The zero-order valence-corrected chi connectivity index (χ0v) is 13.8. The summed E-state index contributed by atoms with van der Waals surface area (Å²) in [4.78, 5) is 12.1. The SMILES string of the molecule is COc1cc(C(=O)OCC2CCCCO2)cc(OC)c1Br. The Morgan fingerprint density at radius 1 is 1.29 bits per heavy atom. The smallest absolute Gasteiger partial charge is 0.338 e. The molecule has 1 unspecified atom stereocenters. The maximum Gasteiger partial charge on any atom is 0.338 e. The van der Waals surface area contributed by atoms with Crippen LogP contribution in [-0.4, -0.2) is 39.5 Å². The number of halogens is 1. The van der Waals surface area contributed by atoms with Crippen molar-refractivity contribution in [3.05, 3.63) is 22.2 Å². The van der Waals surface area contributed by atoms with Gasteiger partial charge in [-0.1, -0.05) is 0 Å². The molecule has 1 aromatic rings. The van der Waals surface area contributed by atoms with E-state index in [0.29, 0.717) is 21.5 Å². The Morgan fingerprint density at radius 3 is 2.48 bits per heavy atom. The van der Waals surface area contributed by atoms with Gasteiger partial charge < -0.3 is 18.9 Å². The van der Waals surface area contributed by atoms with E-state index in [9.17, 15) is 4.79 Å². The molecule has 1 heterocycles. The average molecular weight is 359 g/mol. The van der Waals surface area contributed by atoms with E-state index in [2.05, 4.69) is 15.9 Å². The number of carbonyl (C=O) groups is 1. The van der Waals surface area contributed by atoms with Gasteiger partial charge in [0.05, 0.1) is 25.9 Å². The lowest BCUT2D eigenvalue weighted by Gasteiger charge is -2.22. The highest BCUT2D eigenvalue weighted by Crippen LogP contribution is 2.35. The Kier molecular flexibility index (Phi) is 5.87. The van der Waals surface area contributed by atoms with Gasteiger partial charge in [0.15, 0.2) is 0 Å². The van der Waals surface area contributed by atoms with E-state index in [1.807, 2.05) is 0 Å². The number of esters is 1. The number of methoxy groups -OCH3 is 2. The minimum Gasteiger partial charge on any atom is -0.495 e. The van der Waals surface area contributed by atoms with E-state index < -0.39 is 5.97 Å². The van der Waals surface area contributed by atoms with Crippen molar-refractivity contribution in [2.75, 3.05) is 27.4 Å². The zero-order valence-electron chi connectivity index (χ0n) is 12.2. The van der Waals surface area contributed by atoms with Gasteiger partial charge in [-0.05, 0) is 47.3 Å². The monoisotopic (exact) mass is 358 g/mol. The molecule has 1 aliphatic rings. The molecule has 6 heteroatoms. The molecule has 5 nitrogen and oxygen atoms in total. The lowest BCUT2D eigenvalue weighted by molar-refractivity contribution is -0.0300. The Morgan fingerprint density at radius 2 is 1.95 bits per heavy atom. The molecule has 1 aliphatic heterocycles. The van der Waals surface area contributed by atoms with Crippen LogP contribution in [0.1, 0.15) is 29.6 Å². The van der Waals surface area contributed by atoms with Gasteiger partial charge in [0.2, 0.25) is 0 Å². The summed E-state index contributed by atoms with van der Waals surface area (Å²) >= 11 is 3.36. The third-order valence-electron chi connectivity index (χ3n) is 3.36. The van der Waals surface area contributed by atoms with Gasteiger partial charge in [0.1, 0.15) is 22.6 Å². The molecular weight excluding hydrogens is 340 g/mol. The zero-order chi connectivity index (χ0) is 15.2. The number of carbonyl (C=O) groups excluding carboxylic acids is 1. The molecule has 1 saturated heterocycles. The quantitative estimate of drug-likeness (QED) is 0.756. The number of hydrogen-bond donors (Lipinski definition) is 0. The van der Waals surface area contributed by atoms with E-state index >= 15 is 0 Å². The second kappa shape index (κ2) is 7.66. The Hall–Kier alpha value is -1.27. The first-order chi connectivity index (χ1) is 10.2. The lowest BCUT2D eigenvalue weighted by Crippen LogP contribution is -2.26. The van der Waals surface area contributed by atoms with E-state index in [0.717, 1.165) is 25.9 Å². The van der Waals surface area contributed by atoms with Gasteiger partial charge in [-0.2, -0.15) is 0 Å². The molecule has 2 rings (SSSR count). The number of benzene rings is 1. The fourth-order valence-electron chi connectivity index (χ4n) is 2.18. The van der Waals surface area contributed by atoms with Crippen LogP contribution in [0.3, 0.4) is 0 Å². The fraction of sp³-hybridized carbons (Fsp3) is 0.533. The van der Waals surface area contributed by atoms with Gasteiger partial charge >= 0.3 is 5.97 Å². The van der Waals surface area contributed by atoms with Crippen molar-refractivity contribution >= 4 is 21.9 Å². The third-order valence-corrected chi connectivity index (χ3v) is 4.14. The topological polar surface area (TPSA) is 54.0 Å². The highest BCUT2D eigenvalue weighted by molar-refractivity contribution is 9.10. The maximum atomic E-state index is 12.1. The van der Waals surface area contributed by atoms with E-state index in [4.69, 9.17) is 18.9 Å². The summed E-state index contributed by atoms with van der Waals surface area (Å²) in [5.41, 5.74) is 0.391. The van der Waals surface area contributed by atoms with E-state index in [1.54, 1.807) is 12.1 Å². The Balaban J connectivity index is 2.04. The molecule has 1 fully saturated rings. The summed E-state index contributed by atoms with van der Waals surface area (Å²) < 4.78 is 21.9. The summed E-state index contributed by atoms with van der Waals surface area (Å²) in [6, 6.07) is 3.24. The number of rotatable bonds is 5. The van der Waals surface area contributed by atoms with Gasteiger partial charge in [-0.25, -0.2) is 4.79 Å². The molecule has 0 bridgehead atoms. The summed E-state index contributed by atoms with van der Waals surface area (Å²) in [6.45, 7) is 1.02. The van der Waals surface area contributed by atoms with Crippen LogP contribution < -0.4 is 9.47 Å². The Labute approximate surface area is 132 Å². The molecule has 0 spiro atoms. The van der Waals surface area contributed by atoms with Gasteiger partial charge in [0.25, 0.3) is 0 Å². The van der Waals surface area contributed by atoms with Crippen molar-refractivity contribution < 1.29 is 23.7 Å². The van der Waals surface area contributed by atoms with Crippen LogP contribution in [-0.2, 0) is 9.47 Å². The average Bonchev–Trinajstić information content (AvgIpc) is 2.53. The van der Waals surface area contributed by atoms with Crippen LogP contribution in [0.25, 0.3) is 0 Å². The van der Waals surface area contributed by atoms with Crippen LogP contribution >= 0.6 is 15.9 Å². The molecule has 0 aliphatic carbocycles. The molecular formula is C15H19BrO5.